The van der Waals surface area contributed by atoms with Gasteiger partial charge in [0.25, 0.3) is 5.91 Å². The highest BCUT2D eigenvalue weighted by atomic mass is 16.3. The molecule has 1 aromatic heterocycles. The first-order valence-corrected chi connectivity index (χ1v) is 17.7. The van der Waals surface area contributed by atoms with Gasteiger partial charge >= 0.3 is 0 Å². The Balaban J connectivity index is 1.88. The molecule has 1 unspecified atom stereocenters. The average Bonchev–Trinajstić information content (AvgIpc) is 3.09. The van der Waals surface area contributed by atoms with Crippen molar-refractivity contribution < 1.29 is 24.6 Å². The van der Waals surface area contributed by atoms with Crippen LogP contribution in [-0.4, -0.2) is 57.2 Å². The number of amides is 3. The third-order valence-corrected chi connectivity index (χ3v) is 9.06. The molecule has 0 fully saturated rings. The lowest BCUT2D eigenvalue weighted by Crippen LogP contribution is -2.58. The number of hydrogen-bond donors (Lipinski definition) is 5. The predicted octanol–water partition coefficient (Wildman–Crippen LogP) is 5.60. The molecule has 3 rings (SSSR count). The van der Waals surface area contributed by atoms with Gasteiger partial charge in [-0.2, -0.15) is 0 Å². The summed E-state index contributed by atoms with van der Waals surface area (Å²) in [6.45, 7) is 10.1. The van der Waals surface area contributed by atoms with Crippen LogP contribution in [0.1, 0.15) is 94.6 Å². The van der Waals surface area contributed by atoms with E-state index in [4.69, 9.17) is 0 Å². The van der Waals surface area contributed by atoms with Gasteiger partial charge < -0.3 is 26.2 Å². The number of aliphatic hydroxyl groups excluding tert-OH is 2. The van der Waals surface area contributed by atoms with Crippen LogP contribution in [0.3, 0.4) is 0 Å². The molecule has 9 heteroatoms. The first-order valence-electron chi connectivity index (χ1n) is 17.7. The van der Waals surface area contributed by atoms with Crippen LogP contribution in [0.15, 0.2) is 85.2 Å². The summed E-state index contributed by atoms with van der Waals surface area (Å²) in [6, 6.07) is 20.3. The number of pyridine rings is 1. The van der Waals surface area contributed by atoms with Crippen molar-refractivity contribution in [3.8, 4) is 0 Å². The van der Waals surface area contributed by atoms with Gasteiger partial charge in [0, 0.05) is 18.9 Å². The van der Waals surface area contributed by atoms with Gasteiger partial charge in [-0.25, -0.2) is 0 Å². The number of aromatic nitrogens is 1. The molecule has 3 aromatic rings. The molecule has 266 valence electrons. The van der Waals surface area contributed by atoms with E-state index in [1.807, 2.05) is 81.4 Å². The second kappa shape index (κ2) is 19.8. The molecule has 3 amide bonds. The van der Waals surface area contributed by atoms with Crippen molar-refractivity contribution in [3.05, 3.63) is 102 Å². The monoisotopic (exact) mass is 672 g/mol. The minimum atomic E-state index is -1.51. The van der Waals surface area contributed by atoms with Gasteiger partial charge in [-0.15, -0.1) is 0 Å². The van der Waals surface area contributed by atoms with E-state index in [9.17, 15) is 24.6 Å². The van der Waals surface area contributed by atoms with Crippen molar-refractivity contribution in [1.82, 2.24) is 20.9 Å². The molecular formula is C40H56N4O5. The van der Waals surface area contributed by atoms with Crippen molar-refractivity contribution >= 4 is 17.7 Å². The van der Waals surface area contributed by atoms with Crippen molar-refractivity contribution in [1.29, 1.82) is 0 Å². The highest BCUT2D eigenvalue weighted by molar-refractivity contribution is 5.97. The number of nitrogens with zero attached hydrogens (tertiary/aromatic N) is 1. The number of rotatable bonds is 19. The molecule has 5 atom stereocenters. The maximum Gasteiger partial charge on any atom is 0.253 e. The summed E-state index contributed by atoms with van der Waals surface area (Å²) < 4.78 is 0. The number of carbonyl (C=O) groups is 3. The number of benzene rings is 2. The first-order chi connectivity index (χ1) is 23.4. The van der Waals surface area contributed by atoms with E-state index in [0.717, 1.165) is 43.2 Å². The van der Waals surface area contributed by atoms with E-state index in [1.54, 1.807) is 18.3 Å². The summed E-state index contributed by atoms with van der Waals surface area (Å²) in [5.74, 6) is -1.86. The Kier molecular flexibility index (Phi) is 15.9. The van der Waals surface area contributed by atoms with E-state index < -0.39 is 53.3 Å². The molecule has 0 saturated heterocycles. The highest BCUT2D eigenvalue weighted by Gasteiger charge is 2.43. The lowest BCUT2D eigenvalue weighted by molar-refractivity contribution is -0.141. The highest BCUT2D eigenvalue weighted by Crippen LogP contribution is 2.32. The van der Waals surface area contributed by atoms with Gasteiger partial charge in [0.05, 0.1) is 23.6 Å². The Morgan fingerprint density at radius 1 is 0.735 bits per heavy atom. The molecule has 0 aliphatic heterocycles. The largest absolute Gasteiger partial charge is 0.389 e. The van der Waals surface area contributed by atoms with Crippen LogP contribution in [0, 0.1) is 17.3 Å². The molecule has 0 saturated carbocycles. The van der Waals surface area contributed by atoms with Gasteiger partial charge in [-0.05, 0) is 53.9 Å². The van der Waals surface area contributed by atoms with Gasteiger partial charge in [0.1, 0.15) is 12.1 Å². The number of aliphatic hydroxyl groups is 2. The van der Waals surface area contributed by atoms with E-state index in [1.165, 1.54) is 6.20 Å². The minimum Gasteiger partial charge on any atom is -0.389 e. The first kappa shape index (κ1) is 39.4. The Hall–Kier alpha value is -4.08. The second-order valence-corrected chi connectivity index (χ2v) is 14.1. The maximum absolute atomic E-state index is 14.1. The Bertz CT molecular complexity index is 1410. The van der Waals surface area contributed by atoms with E-state index >= 15 is 0 Å². The van der Waals surface area contributed by atoms with Crippen LogP contribution in [0.5, 0.6) is 0 Å². The van der Waals surface area contributed by atoms with Crippen molar-refractivity contribution in [3.63, 3.8) is 0 Å². The topological polar surface area (TPSA) is 141 Å². The zero-order valence-electron chi connectivity index (χ0n) is 29.8. The normalized spacial score (nSPS) is 14.7. The molecule has 0 spiro atoms. The zero-order valence-corrected chi connectivity index (χ0v) is 29.8. The predicted molar refractivity (Wildman–Crippen MR) is 193 cm³/mol. The molecular weight excluding hydrogens is 616 g/mol. The number of hydrogen-bond acceptors (Lipinski definition) is 6. The maximum atomic E-state index is 14.1. The molecule has 0 aliphatic carbocycles. The van der Waals surface area contributed by atoms with Gasteiger partial charge in [-0.3, -0.25) is 19.4 Å². The van der Waals surface area contributed by atoms with Crippen LogP contribution in [0.2, 0.25) is 0 Å². The van der Waals surface area contributed by atoms with Crippen LogP contribution < -0.4 is 16.0 Å². The van der Waals surface area contributed by atoms with Crippen molar-refractivity contribution in [2.24, 2.45) is 17.3 Å². The van der Waals surface area contributed by atoms with Crippen molar-refractivity contribution in [2.45, 2.75) is 110 Å². The van der Waals surface area contributed by atoms with Crippen LogP contribution >= 0.6 is 0 Å². The van der Waals surface area contributed by atoms with Gasteiger partial charge in [0.15, 0.2) is 0 Å². The average molecular weight is 673 g/mol. The van der Waals surface area contributed by atoms with E-state index in [2.05, 4.69) is 34.8 Å². The Morgan fingerprint density at radius 3 is 1.90 bits per heavy atom. The van der Waals surface area contributed by atoms with E-state index in [0.29, 0.717) is 17.9 Å². The van der Waals surface area contributed by atoms with Gasteiger partial charge in [-0.1, -0.05) is 121 Å². The quantitative estimate of drug-likeness (QED) is 0.112. The van der Waals surface area contributed by atoms with E-state index in [-0.39, 0.29) is 13.0 Å². The molecule has 0 bridgehead atoms. The zero-order chi connectivity index (χ0) is 35.8. The molecule has 0 radical (unpaired) electrons. The minimum absolute atomic E-state index is 0.199. The standard InChI is InChI=1S/C40H56N4O5/c1-6-15-28(16-7-2)22-23-32(43-37(47)31-21-14-24-41-27-31)38(48)44-33(25-29-17-10-8-11-18-29)35(45)36(46)34(40(3,4)5)39(49)42-26-30-19-12-9-13-20-30/h8-14,17-21,24,27-28,32-36,45-46H,6-7,15-16,22-23,25-26H2,1-5H3,(H,42,49)(H,43,47)(H,44,48)/t32?,33-,34+,35+,36+/m0/s1. The summed E-state index contributed by atoms with van der Waals surface area (Å²) in [5, 5.41) is 32.4. The Morgan fingerprint density at radius 2 is 1.35 bits per heavy atom. The fourth-order valence-electron chi connectivity index (χ4n) is 6.46. The molecule has 9 nitrogen and oxygen atoms in total. The SMILES string of the molecule is CCCC(CCC)CCC(NC(=O)c1cccnc1)C(=O)N[C@@H](Cc1ccccc1)[C@@H](O)[C@H](O)[C@H](C(=O)NCc1ccccc1)C(C)(C)C. The lowest BCUT2D eigenvalue weighted by atomic mass is 9.74. The summed E-state index contributed by atoms with van der Waals surface area (Å²) >= 11 is 0. The van der Waals surface area contributed by atoms with Crippen LogP contribution in [0.25, 0.3) is 0 Å². The fourth-order valence-corrected chi connectivity index (χ4v) is 6.46. The second-order valence-electron chi connectivity index (χ2n) is 14.1. The Labute approximate surface area is 292 Å². The molecule has 1 heterocycles. The summed E-state index contributed by atoms with van der Waals surface area (Å²) in [6.07, 6.45) is 5.49. The smallest absolute Gasteiger partial charge is 0.253 e. The summed E-state index contributed by atoms with van der Waals surface area (Å²) in [5.41, 5.74) is 1.36. The molecule has 2 aromatic carbocycles. The lowest BCUT2D eigenvalue weighted by Gasteiger charge is -2.38. The summed E-state index contributed by atoms with van der Waals surface area (Å²) in [7, 11) is 0. The molecule has 5 N–H and O–H groups in total. The number of carbonyl (C=O) groups excluding carboxylic acids is 3. The molecule has 49 heavy (non-hydrogen) atoms. The van der Waals surface area contributed by atoms with Crippen molar-refractivity contribution in [2.75, 3.05) is 0 Å². The fraction of sp³-hybridized carbons (Fsp3) is 0.500. The third-order valence-electron chi connectivity index (χ3n) is 9.06. The van der Waals surface area contributed by atoms with Crippen LogP contribution in [-0.2, 0) is 22.6 Å². The number of nitrogens with one attached hydrogen (secondary N) is 3. The summed E-state index contributed by atoms with van der Waals surface area (Å²) in [4.78, 5) is 45.0. The van der Waals surface area contributed by atoms with Crippen LogP contribution in [0.4, 0.5) is 0 Å². The third kappa shape index (κ3) is 12.7. The molecule has 0 aliphatic rings. The van der Waals surface area contributed by atoms with Gasteiger partial charge in [0.2, 0.25) is 11.8 Å².